The number of aryl methyl sites for hydroxylation is 1. The first-order valence-electron chi connectivity index (χ1n) is 7.24. The highest BCUT2D eigenvalue weighted by molar-refractivity contribution is 5.94. The van der Waals surface area contributed by atoms with Gasteiger partial charge in [0.05, 0.1) is 18.1 Å². The molecule has 3 rings (SSSR count). The van der Waals surface area contributed by atoms with Crippen molar-refractivity contribution in [3.8, 4) is 0 Å². The summed E-state index contributed by atoms with van der Waals surface area (Å²) >= 11 is 0. The number of amides is 3. The van der Waals surface area contributed by atoms with Crippen LogP contribution in [0, 0.1) is 0 Å². The van der Waals surface area contributed by atoms with Crippen molar-refractivity contribution in [1.29, 1.82) is 0 Å². The van der Waals surface area contributed by atoms with E-state index in [-0.39, 0.29) is 12.5 Å². The molecular formula is C13H18N8O2. The molecule has 1 fully saturated rings. The summed E-state index contributed by atoms with van der Waals surface area (Å²) < 4.78 is 1.71. The van der Waals surface area contributed by atoms with Crippen molar-refractivity contribution in [2.45, 2.75) is 0 Å². The molecule has 1 aliphatic heterocycles. The average Bonchev–Trinajstić information content (AvgIpc) is 2.89. The maximum absolute atomic E-state index is 11.6. The van der Waals surface area contributed by atoms with Crippen molar-refractivity contribution in [2.24, 2.45) is 12.8 Å². The van der Waals surface area contributed by atoms with Gasteiger partial charge in [0.25, 0.3) is 0 Å². The third-order valence-corrected chi connectivity index (χ3v) is 3.81. The number of primary amides is 1. The highest BCUT2D eigenvalue weighted by atomic mass is 16.2. The summed E-state index contributed by atoms with van der Waals surface area (Å²) in [5.74, 6) is 0.465. The van der Waals surface area contributed by atoms with Gasteiger partial charge in [0, 0.05) is 33.2 Å². The summed E-state index contributed by atoms with van der Waals surface area (Å²) in [7, 11) is 1.84. The minimum Gasteiger partial charge on any atom is -0.353 e. The molecule has 3 amide bonds. The Morgan fingerprint density at radius 1 is 1.26 bits per heavy atom. The fraction of sp³-hybridized carbons (Fsp3) is 0.462. The van der Waals surface area contributed by atoms with E-state index in [0.29, 0.717) is 13.1 Å². The molecule has 3 heterocycles. The van der Waals surface area contributed by atoms with Crippen LogP contribution < -0.4 is 16.0 Å². The molecular weight excluding hydrogens is 300 g/mol. The number of carbonyl (C=O) groups is 2. The molecule has 0 saturated carbocycles. The number of fused-ring (bicyclic) bond motifs is 1. The number of carbonyl (C=O) groups excluding carboxylic acids is 2. The molecule has 0 spiro atoms. The molecule has 2 aromatic rings. The zero-order chi connectivity index (χ0) is 16.4. The van der Waals surface area contributed by atoms with E-state index in [1.165, 1.54) is 6.33 Å². The molecule has 0 radical (unpaired) electrons. The van der Waals surface area contributed by atoms with Gasteiger partial charge in [-0.2, -0.15) is 5.10 Å². The summed E-state index contributed by atoms with van der Waals surface area (Å²) in [4.78, 5) is 34.9. The number of rotatable bonds is 3. The second-order valence-electron chi connectivity index (χ2n) is 5.38. The van der Waals surface area contributed by atoms with Gasteiger partial charge in [0.15, 0.2) is 5.65 Å². The number of aromatic nitrogens is 4. The van der Waals surface area contributed by atoms with Gasteiger partial charge >= 0.3 is 6.03 Å². The number of hydrogen-bond donors (Lipinski definition) is 2. The first kappa shape index (κ1) is 15.2. The Hall–Kier alpha value is -2.75. The molecule has 10 nitrogen and oxygen atoms in total. The van der Waals surface area contributed by atoms with Crippen LogP contribution in [0.4, 0.5) is 10.6 Å². The van der Waals surface area contributed by atoms with E-state index in [0.717, 1.165) is 29.9 Å². The molecule has 1 saturated heterocycles. The quantitative estimate of drug-likeness (QED) is 0.719. The molecule has 122 valence electrons. The minimum absolute atomic E-state index is 0.156. The highest BCUT2D eigenvalue weighted by Crippen LogP contribution is 2.22. The lowest BCUT2D eigenvalue weighted by Crippen LogP contribution is -2.50. The third-order valence-electron chi connectivity index (χ3n) is 3.81. The number of nitrogens with two attached hydrogens (primary N) is 1. The maximum atomic E-state index is 11.6. The second-order valence-corrected chi connectivity index (χ2v) is 5.38. The van der Waals surface area contributed by atoms with Crippen molar-refractivity contribution in [3.05, 3.63) is 12.5 Å². The van der Waals surface area contributed by atoms with Crippen LogP contribution in [0.5, 0.6) is 0 Å². The van der Waals surface area contributed by atoms with E-state index in [4.69, 9.17) is 5.73 Å². The topological polar surface area (TPSA) is 122 Å². The minimum atomic E-state index is -0.825. The molecule has 0 aromatic carbocycles. The van der Waals surface area contributed by atoms with Crippen molar-refractivity contribution in [1.82, 2.24) is 30.0 Å². The van der Waals surface area contributed by atoms with E-state index in [1.54, 1.807) is 10.9 Å². The highest BCUT2D eigenvalue weighted by Gasteiger charge is 2.22. The molecule has 10 heteroatoms. The first-order valence-corrected chi connectivity index (χ1v) is 7.24. The van der Waals surface area contributed by atoms with Gasteiger partial charge < -0.3 is 10.6 Å². The van der Waals surface area contributed by atoms with Crippen LogP contribution in [0.2, 0.25) is 0 Å². The van der Waals surface area contributed by atoms with Crippen LogP contribution in [0.15, 0.2) is 12.5 Å². The Morgan fingerprint density at radius 2 is 2.00 bits per heavy atom. The van der Waals surface area contributed by atoms with Crippen LogP contribution in [-0.2, 0) is 11.8 Å². The SMILES string of the molecule is Cn1ncc2c(N3CCN(CC(=O)NC(N)=O)CC3)ncnc21. The van der Waals surface area contributed by atoms with Gasteiger partial charge in [-0.25, -0.2) is 14.8 Å². The second kappa shape index (κ2) is 6.16. The van der Waals surface area contributed by atoms with Gasteiger partial charge in [-0.15, -0.1) is 0 Å². The van der Waals surface area contributed by atoms with Gasteiger partial charge in [-0.05, 0) is 0 Å². The molecule has 0 atom stereocenters. The normalized spacial score (nSPS) is 15.8. The summed E-state index contributed by atoms with van der Waals surface area (Å²) in [6.07, 6.45) is 3.30. The number of piperazine rings is 1. The Morgan fingerprint density at radius 3 is 2.70 bits per heavy atom. The van der Waals surface area contributed by atoms with E-state index in [2.05, 4.69) is 25.3 Å². The summed E-state index contributed by atoms with van der Waals surface area (Å²) in [5, 5.41) is 7.20. The molecule has 2 aromatic heterocycles. The Bertz CT molecular complexity index is 735. The third kappa shape index (κ3) is 3.21. The van der Waals surface area contributed by atoms with Crippen LogP contribution in [0.25, 0.3) is 11.0 Å². The number of imide groups is 1. The number of nitrogens with one attached hydrogen (secondary N) is 1. The Labute approximate surface area is 132 Å². The van der Waals surface area contributed by atoms with Crippen molar-refractivity contribution in [2.75, 3.05) is 37.6 Å². The summed E-state index contributed by atoms with van der Waals surface area (Å²) in [5.41, 5.74) is 5.72. The number of hydrogen-bond acceptors (Lipinski definition) is 7. The molecule has 0 unspecified atom stereocenters. The van der Waals surface area contributed by atoms with Gasteiger partial charge in [0.1, 0.15) is 12.1 Å². The fourth-order valence-electron chi connectivity index (χ4n) is 2.70. The molecule has 0 bridgehead atoms. The predicted molar refractivity (Wildman–Crippen MR) is 82.7 cm³/mol. The maximum Gasteiger partial charge on any atom is 0.318 e. The standard InChI is InChI=1S/C13H18N8O2/c1-19-11-9(6-17-19)12(16-8-15-11)21-4-2-20(3-5-21)7-10(22)18-13(14)23/h6,8H,2-5,7H2,1H3,(H3,14,18,22,23). The zero-order valence-electron chi connectivity index (χ0n) is 12.8. The lowest BCUT2D eigenvalue weighted by Gasteiger charge is -2.35. The van der Waals surface area contributed by atoms with Crippen LogP contribution in [0.3, 0.4) is 0 Å². The first-order chi connectivity index (χ1) is 11.0. The Kier molecular flexibility index (Phi) is 4.06. The number of urea groups is 1. The summed E-state index contributed by atoms with van der Waals surface area (Å²) in [6.45, 7) is 2.99. The zero-order valence-corrected chi connectivity index (χ0v) is 12.8. The average molecular weight is 318 g/mol. The van der Waals surface area contributed by atoms with Gasteiger partial charge in [-0.1, -0.05) is 0 Å². The van der Waals surface area contributed by atoms with E-state index in [1.807, 2.05) is 11.9 Å². The van der Waals surface area contributed by atoms with Crippen LogP contribution in [0.1, 0.15) is 0 Å². The van der Waals surface area contributed by atoms with Crippen LogP contribution >= 0.6 is 0 Å². The molecule has 0 aliphatic carbocycles. The Balaban J connectivity index is 1.64. The largest absolute Gasteiger partial charge is 0.353 e. The smallest absolute Gasteiger partial charge is 0.318 e. The van der Waals surface area contributed by atoms with E-state index >= 15 is 0 Å². The van der Waals surface area contributed by atoms with Crippen molar-refractivity contribution >= 4 is 28.8 Å². The van der Waals surface area contributed by atoms with Crippen LogP contribution in [-0.4, -0.2) is 69.3 Å². The van der Waals surface area contributed by atoms with Crippen molar-refractivity contribution in [3.63, 3.8) is 0 Å². The molecule has 1 aliphatic rings. The number of nitrogens with zero attached hydrogens (tertiary/aromatic N) is 6. The monoisotopic (exact) mass is 318 g/mol. The van der Waals surface area contributed by atoms with Gasteiger partial charge in [-0.3, -0.25) is 19.7 Å². The molecule has 3 N–H and O–H groups in total. The molecule has 23 heavy (non-hydrogen) atoms. The number of anilines is 1. The van der Waals surface area contributed by atoms with E-state index < -0.39 is 6.03 Å². The van der Waals surface area contributed by atoms with Gasteiger partial charge in [0.2, 0.25) is 5.91 Å². The predicted octanol–water partition coefficient (Wildman–Crippen LogP) is -1.32. The van der Waals surface area contributed by atoms with Crippen molar-refractivity contribution < 1.29 is 9.59 Å². The lowest BCUT2D eigenvalue weighted by atomic mass is 10.2. The summed E-state index contributed by atoms with van der Waals surface area (Å²) in [6, 6.07) is -0.825. The van der Waals surface area contributed by atoms with E-state index in [9.17, 15) is 9.59 Å². The fourth-order valence-corrected chi connectivity index (χ4v) is 2.70. The lowest BCUT2D eigenvalue weighted by molar-refractivity contribution is -0.121.